The van der Waals surface area contributed by atoms with Gasteiger partial charge in [-0.3, -0.25) is 4.79 Å². The number of carbonyl (C=O) groups is 1. The normalized spacial score (nSPS) is 36.2. The first-order valence-corrected chi connectivity index (χ1v) is 11.1. The van der Waals surface area contributed by atoms with E-state index >= 15 is 0 Å². The zero-order chi connectivity index (χ0) is 20.1. The van der Waals surface area contributed by atoms with Crippen LogP contribution in [0.15, 0.2) is 23.8 Å². The van der Waals surface area contributed by atoms with Crippen LogP contribution in [0.2, 0.25) is 0 Å². The van der Waals surface area contributed by atoms with Crippen molar-refractivity contribution in [3.63, 3.8) is 0 Å². The Hall–Kier alpha value is -1.17. The van der Waals surface area contributed by atoms with E-state index in [1.165, 1.54) is 24.8 Å². The van der Waals surface area contributed by atoms with Crippen molar-refractivity contribution in [1.29, 1.82) is 0 Å². The molecule has 0 bridgehead atoms. The van der Waals surface area contributed by atoms with Gasteiger partial charge in [0.1, 0.15) is 0 Å². The number of aliphatic hydroxyl groups excluding tert-OH is 2. The molecule has 0 aromatic heterocycles. The van der Waals surface area contributed by atoms with Crippen molar-refractivity contribution in [3.05, 3.63) is 23.8 Å². The Labute approximate surface area is 168 Å². The number of aliphatic hydroxyl groups is 2. The molecule has 3 aliphatic rings. The van der Waals surface area contributed by atoms with E-state index in [-0.39, 0.29) is 23.9 Å². The second kappa shape index (κ2) is 9.55. The number of ether oxygens (including phenoxy) is 1. The van der Waals surface area contributed by atoms with Crippen molar-refractivity contribution < 1.29 is 24.9 Å². The van der Waals surface area contributed by atoms with Gasteiger partial charge in [0.2, 0.25) is 0 Å². The number of aliphatic carboxylic acids is 1. The van der Waals surface area contributed by atoms with E-state index in [1.54, 1.807) is 0 Å². The van der Waals surface area contributed by atoms with Crippen molar-refractivity contribution in [3.8, 4) is 0 Å². The maximum absolute atomic E-state index is 10.8. The molecule has 158 valence electrons. The SMILES string of the molecule is CCO[C@@]12CC[C@H](O)[C@@H](C=CC(O)C3CCCCC3)[C@@H]1CC2=CCCC(=O)O. The largest absolute Gasteiger partial charge is 0.481 e. The maximum Gasteiger partial charge on any atom is 0.303 e. The van der Waals surface area contributed by atoms with Gasteiger partial charge in [0.25, 0.3) is 0 Å². The molecule has 5 nitrogen and oxygen atoms in total. The molecule has 5 atom stereocenters. The second-order valence-electron chi connectivity index (χ2n) is 8.75. The van der Waals surface area contributed by atoms with Gasteiger partial charge >= 0.3 is 5.97 Å². The van der Waals surface area contributed by atoms with Gasteiger partial charge in [0, 0.05) is 24.9 Å². The molecule has 0 amide bonds. The molecule has 0 aromatic carbocycles. The number of carboxylic acid groups (broad SMARTS) is 1. The first-order chi connectivity index (χ1) is 13.5. The Morgan fingerprint density at radius 3 is 2.71 bits per heavy atom. The third kappa shape index (κ3) is 4.52. The predicted molar refractivity (Wildman–Crippen MR) is 108 cm³/mol. The number of carboxylic acids is 1. The Balaban J connectivity index is 1.70. The van der Waals surface area contributed by atoms with Gasteiger partial charge in [0.15, 0.2) is 0 Å². The molecule has 3 aliphatic carbocycles. The Bertz CT molecular complexity index is 592. The lowest BCUT2D eigenvalue weighted by atomic mass is 9.53. The van der Waals surface area contributed by atoms with E-state index in [2.05, 4.69) is 0 Å². The van der Waals surface area contributed by atoms with Crippen molar-refractivity contribution in [2.24, 2.45) is 17.8 Å². The number of rotatable bonds is 8. The van der Waals surface area contributed by atoms with E-state index in [9.17, 15) is 15.0 Å². The van der Waals surface area contributed by atoms with Crippen LogP contribution in [-0.4, -0.2) is 45.7 Å². The summed E-state index contributed by atoms with van der Waals surface area (Å²) >= 11 is 0. The van der Waals surface area contributed by atoms with Gasteiger partial charge in [-0.2, -0.15) is 0 Å². The minimum atomic E-state index is -0.783. The first kappa shape index (κ1) is 21.5. The highest BCUT2D eigenvalue weighted by molar-refractivity contribution is 5.66. The van der Waals surface area contributed by atoms with E-state index in [0.29, 0.717) is 25.4 Å². The van der Waals surface area contributed by atoms with Crippen LogP contribution in [0.3, 0.4) is 0 Å². The molecule has 0 spiro atoms. The summed E-state index contributed by atoms with van der Waals surface area (Å²) in [6.45, 7) is 2.59. The van der Waals surface area contributed by atoms with Crippen LogP contribution < -0.4 is 0 Å². The summed E-state index contributed by atoms with van der Waals surface area (Å²) in [5.41, 5.74) is 0.829. The average molecular weight is 393 g/mol. The topological polar surface area (TPSA) is 87.0 Å². The van der Waals surface area contributed by atoms with Gasteiger partial charge in [-0.05, 0) is 56.9 Å². The van der Waals surface area contributed by atoms with Crippen LogP contribution >= 0.6 is 0 Å². The summed E-state index contributed by atoms with van der Waals surface area (Å²) in [4.78, 5) is 10.8. The summed E-state index contributed by atoms with van der Waals surface area (Å²) in [6, 6.07) is 0. The van der Waals surface area contributed by atoms with Crippen LogP contribution in [-0.2, 0) is 9.53 Å². The van der Waals surface area contributed by atoms with E-state index in [0.717, 1.165) is 25.7 Å². The first-order valence-electron chi connectivity index (χ1n) is 11.1. The zero-order valence-electron chi connectivity index (χ0n) is 17.1. The smallest absolute Gasteiger partial charge is 0.303 e. The van der Waals surface area contributed by atoms with Gasteiger partial charge in [-0.15, -0.1) is 0 Å². The molecule has 0 heterocycles. The highest BCUT2D eigenvalue weighted by atomic mass is 16.5. The fourth-order valence-electron chi connectivity index (χ4n) is 5.59. The molecule has 28 heavy (non-hydrogen) atoms. The average Bonchev–Trinajstić information content (AvgIpc) is 2.68. The van der Waals surface area contributed by atoms with Crippen molar-refractivity contribution in [2.45, 2.75) is 88.9 Å². The van der Waals surface area contributed by atoms with Crippen LogP contribution in [0, 0.1) is 17.8 Å². The molecule has 3 rings (SSSR count). The van der Waals surface area contributed by atoms with Gasteiger partial charge < -0.3 is 20.1 Å². The summed E-state index contributed by atoms with van der Waals surface area (Å²) in [7, 11) is 0. The number of hydrogen-bond donors (Lipinski definition) is 3. The third-order valence-corrected chi connectivity index (χ3v) is 7.12. The molecule has 0 radical (unpaired) electrons. The Kier molecular flexibility index (Phi) is 7.35. The lowest BCUT2D eigenvalue weighted by molar-refractivity contribution is -0.155. The molecule has 3 saturated carbocycles. The van der Waals surface area contributed by atoms with Crippen molar-refractivity contribution in [2.75, 3.05) is 6.61 Å². The van der Waals surface area contributed by atoms with Crippen molar-refractivity contribution >= 4 is 5.97 Å². The highest BCUT2D eigenvalue weighted by Gasteiger charge is 2.58. The fraction of sp³-hybridized carbons (Fsp3) is 0.783. The highest BCUT2D eigenvalue weighted by Crippen LogP contribution is 2.57. The lowest BCUT2D eigenvalue weighted by Crippen LogP contribution is -2.60. The van der Waals surface area contributed by atoms with E-state index in [1.807, 2.05) is 25.2 Å². The Morgan fingerprint density at radius 2 is 2.04 bits per heavy atom. The van der Waals surface area contributed by atoms with Crippen LogP contribution in [0.25, 0.3) is 0 Å². The van der Waals surface area contributed by atoms with Gasteiger partial charge in [-0.25, -0.2) is 0 Å². The number of fused-ring (bicyclic) bond motifs is 1. The van der Waals surface area contributed by atoms with Crippen LogP contribution in [0.4, 0.5) is 0 Å². The second-order valence-corrected chi connectivity index (χ2v) is 8.75. The van der Waals surface area contributed by atoms with E-state index in [4.69, 9.17) is 9.84 Å². The van der Waals surface area contributed by atoms with Crippen LogP contribution in [0.5, 0.6) is 0 Å². The summed E-state index contributed by atoms with van der Waals surface area (Å²) in [5.74, 6) is -0.262. The summed E-state index contributed by atoms with van der Waals surface area (Å²) < 4.78 is 6.22. The molecule has 1 unspecified atom stereocenters. The number of allylic oxidation sites excluding steroid dienone is 1. The van der Waals surface area contributed by atoms with E-state index < -0.39 is 18.2 Å². The minimum absolute atomic E-state index is 0.0184. The maximum atomic E-state index is 10.8. The molecular formula is C23H36O5. The van der Waals surface area contributed by atoms with Gasteiger partial charge in [0.05, 0.1) is 17.8 Å². The quantitative estimate of drug-likeness (QED) is 0.546. The Morgan fingerprint density at radius 1 is 1.29 bits per heavy atom. The van der Waals surface area contributed by atoms with Crippen LogP contribution in [0.1, 0.15) is 71.1 Å². The predicted octanol–water partition coefficient (Wildman–Crippen LogP) is 3.84. The molecule has 3 N–H and O–H groups in total. The zero-order valence-corrected chi connectivity index (χ0v) is 17.1. The summed E-state index contributed by atoms with van der Waals surface area (Å²) in [6.07, 6.45) is 13.9. The summed E-state index contributed by atoms with van der Waals surface area (Å²) in [5, 5.41) is 30.1. The molecule has 0 aliphatic heterocycles. The van der Waals surface area contributed by atoms with Crippen molar-refractivity contribution in [1.82, 2.24) is 0 Å². The molecular weight excluding hydrogens is 356 g/mol. The molecule has 0 saturated heterocycles. The fourth-order valence-corrected chi connectivity index (χ4v) is 5.59. The standard InChI is InChI=1S/C23H36O5/c1-2-28-23-14-13-21(25)18(11-12-20(24)16-7-4-3-5-8-16)19(23)15-17(23)9-6-10-22(26)27/h9,11-12,16,18-21,24-25H,2-8,10,13-15H2,1H3,(H,26,27)/t18-,19-,20?,21-,23+/m0/s1. The number of hydrogen-bond acceptors (Lipinski definition) is 4. The minimum Gasteiger partial charge on any atom is -0.481 e. The molecule has 3 fully saturated rings. The molecule has 5 heteroatoms. The lowest BCUT2D eigenvalue weighted by Gasteiger charge is -2.58. The van der Waals surface area contributed by atoms with Gasteiger partial charge in [-0.1, -0.05) is 37.5 Å². The monoisotopic (exact) mass is 392 g/mol. The third-order valence-electron chi connectivity index (χ3n) is 7.12. The molecule has 0 aromatic rings.